The predicted molar refractivity (Wildman–Crippen MR) is 83.5 cm³/mol. The molecule has 1 heteroatoms. The summed E-state index contributed by atoms with van der Waals surface area (Å²) in [4.78, 5) is 2.26. The normalized spacial score (nSPS) is 15.6. The lowest BCUT2D eigenvalue weighted by Gasteiger charge is -2.34. The largest absolute Gasteiger partial charge is 0.337 e. The molecule has 1 aliphatic rings. The highest BCUT2D eigenvalue weighted by atomic mass is 15.2. The maximum atomic E-state index is 4.25. The first-order valence-corrected chi connectivity index (χ1v) is 6.73. The van der Waals surface area contributed by atoms with Crippen LogP contribution in [0.5, 0.6) is 0 Å². The minimum atomic E-state index is 0.789. The summed E-state index contributed by atoms with van der Waals surface area (Å²) in [5, 5.41) is 0. The molecule has 2 rings (SSSR count). The molecule has 0 unspecified atom stereocenters. The van der Waals surface area contributed by atoms with E-state index in [0.29, 0.717) is 0 Å². The van der Waals surface area contributed by atoms with Gasteiger partial charge in [-0.3, -0.25) is 0 Å². The van der Waals surface area contributed by atoms with E-state index in [-0.39, 0.29) is 0 Å². The highest BCUT2D eigenvalue weighted by Gasteiger charge is 2.21. The fourth-order valence-electron chi connectivity index (χ4n) is 2.55. The SMILES string of the molecule is C=CCN1C(=C)C(CC)=CC(C)=C1c1ccccc1. The molecule has 0 amide bonds. The monoisotopic (exact) mass is 251 g/mol. The number of hydrogen-bond donors (Lipinski definition) is 0. The molecule has 0 spiro atoms. The van der Waals surface area contributed by atoms with Gasteiger partial charge in [0.15, 0.2) is 0 Å². The quantitative estimate of drug-likeness (QED) is 0.697. The molecule has 1 heterocycles. The average molecular weight is 251 g/mol. The van der Waals surface area contributed by atoms with Crippen molar-refractivity contribution in [3.63, 3.8) is 0 Å². The summed E-state index contributed by atoms with van der Waals surface area (Å²) < 4.78 is 0. The van der Waals surface area contributed by atoms with E-state index in [0.717, 1.165) is 18.7 Å². The van der Waals surface area contributed by atoms with Gasteiger partial charge < -0.3 is 4.90 Å². The van der Waals surface area contributed by atoms with Crippen molar-refractivity contribution in [2.45, 2.75) is 20.3 Å². The molecule has 0 radical (unpaired) electrons. The zero-order chi connectivity index (χ0) is 13.8. The summed E-state index contributed by atoms with van der Waals surface area (Å²) in [6.07, 6.45) is 5.19. The van der Waals surface area contributed by atoms with Crippen LogP contribution in [0.25, 0.3) is 5.70 Å². The van der Waals surface area contributed by atoms with Crippen molar-refractivity contribution in [3.8, 4) is 0 Å². The molecule has 0 saturated heterocycles. The molecule has 0 aromatic heterocycles. The zero-order valence-corrected chi connectivity index (χ0v) is 11.8. The third-order valence-electron chi connectivity index (χ3n) is 3.47. The lowest BCUT2D eigenvalue weighted by molar-refractivity contribution is 0.540. The Hall–Kier alpha value is -2.02. The lowest BCUT2D eigenvalue weighted by atomic mass is 9.95. The fourth-order valence-corrected chi connectivity index (χ4v) is 2.55. The van der Waals surface area contributed by atoms with Crippen LogP contribution in [0.1, 0.15) is 25.8 Å². The van der Waals surface area contributed by atoms with E-state index in [1.54, 1.807) is 0 Å². The van der Waals surface area contributed by atoms with Crippen molar-refractivity contribution >= 4 is 5.70 Å². The van der Waals surface area contributed by atoms with Crippen molar-refractivity contribution in [2.24, 2.45) is 0 Å². The van der Waals surface area contributed by atoms with Gasteiger partial charge in [-0.2, -0.15) is 0 Å². The van der Waals surface area contributed by atoms with E-state index in [9.17, 15) is 0 Å². The maximum absolute atomic E-state index is 4.25. The van der Waals surface area contributed by atoms with Crippen LogP contribution in [-0.4, -0.2) is 11.4 Å². The van der Waals surface area contributed by atoms with Crippen LogP contribution in [0.3, 0.4) is 0 Å². The van der Waals surface area contributed by atoms with Gasteiger partial charge in [0, 0.05) is 12.2 Å². The molecule has 0 saturated carbocycles. The Kier molecular flexibility index (Phi) is 4.06. The average Bonchev–Trinajstić information content (AvgIpc) is 2.44. The third-order valence-corrected chi connectivity index (χ3v) is 3.47. The van der Waals surface area contributed by atoms with Crippen molar-refractivity contribution in [1.29, 1.82) is 0 Å². The first-order chi connectivity index (χ1) is 9.19. The first-order valence-electron chi connectivity index (χ1n) is 6.73. The third kappa shape index (κ3) is 2.55. The van der Waals surface area contributed by atoms with Gasteiger partial charge in [-0.1, -0.05) is 56.0 Å². The van der Waals surface area contributed by atoms with Gasteiger partial charge in [0.25, 0.3) is 0 Å². The Bertz CT molecular complexity index is 546. The van der Waals surface area contributed by atoms with Crippen LogP contribution in [0.15, 0.2) is 72.5 Å². The fraction of sp³-hybridized carbons (Fsp3) is 0.222. The van der Waals surface area contributed by atoms with Crippen LogP contribution in [0, 0.1) is 0 Å². The number of benzene rings is 1. The molecule has 1 nitrogen and oxygen atoms in total. The predicted octanol–water partition coefficient (Wildman–Crippen LogP) is 4.77. The van der Waals surface area contributed by atoms with Crippen LogP contribution in [0.4, 0.5) is 0 Å². The number of nitrogens with zero attached hydrogens (tertiary/aromatic N) is 1. The van der Waals surface area contributed by atoms with Crippen molar-refractivity contribution in [2.75, 3.05) is 6.54 Å². The molecule has 0 atom stereocenters. The molecule has 1 aliphatic heterocycles. The Morgan fingerprint density at radius 2 is 1.89 bits per heavy atom. The summed E-state index contributed by atoms with van der Waals surface area (Å²) in [6.45, 7) is 13.2. The molecule has 0 fully saturated rings. The Morgan fingerprint density at radius 3 is 2.47 bits per heavy atom. The molecule has 0 aliphatic carbocycles. The smallest absolute Gasteiger partial charge is 0.0517 e. The van der Waals surface area contributed by atoms with Gasteiger partial charge >= 0.3 is 0 Å². The van der Waals surface area contributed by atoms with Crippen molar-refractivity contribution in [3.05, 3.63) is 78.0 Å². The van der Waals surface area contributed by atoms with E-state index in [1.165, 1.54) is 22.4 Å². The van der Waals surface area contributed by atoms with Gasteiger partial charge in [-0.25, -0.2) is 0 Å². The highest BCUT2D eigenvalue weighted by Crippen LogP contribution is 2.35. The zero-order valence-electron chi connectivity index (χ0n) is 11.8. The van der Waals surface area contributed by atoms with Crippen LogP contribution in [0.2, 0.25) is 0 Å². The summed E-state index contributed by atoms with van der Waals surface area (Å²) in [6, 6.07) is 10.5. The second-order valence-corrected chi connectivity index (χ2v) is 4.77. The molecule has 1 aromatic rings. The second-order valence-electron chi connectivity index (χ2n) is 4.77. The van der Waals surface area contributed by atoms with Gasteiger partial charge in [-0.15, -0.1) is 6.58 Å². The molecule has 0 bridgehead atoms. The lowest BCUT2D eigenvalue weighted by Crippen LogP contribution is -2.25. The van der Waals surface area contributed by atoms with Gasteiger partial charge in [-0.05, 0) is 30.1 Å². The van der Waals surface area contributed by atoms with E-state index < -0.39 is 0 Å². The maximum Gasteiger partial charge on any atom is 0.0517 e. The highest BCUT2D eigenvalue weighted by molar-refractivity contribution is 5.74. The molecular formula is C18H21N. The van der Waals surface area contributed by atoms with Gasteiger partial charge in [0.05, 0.1) is 5.70 Å². The standard InChI is InChI=1S/C18H21N/c1-5-12-19-15(4)16(6-2)13-14(3)18(19)17-10-8-7-9-11-17/h5,7-11,13H,1,4,6,12H2,2-3H3. The molecule has 0 N–H and O–H groups in total. The molecule has 98 valence electrons. The first kappa shape index (κ1) is 13.4. The van der Waals surface area contributed by atoms with Gasteiger partial charge in [0.2, 0.25) is 0 Å². The van der Waals surface area contributed by atoms with Crippen LogP contribution < -0.4 is 0 Å². The van der Waals surface area contributed by atoms with E-state index in [1.807, 2.05) is 12.1 Å². The van der Waals surface area contributed by atoms with E-state index in [4.69, 9.17) is 0 Å². The minimum Gasteiger partial charge on any atom is -0.337 e. The summed E-state index contributed by atoms with van der Waals surface area (Å²) in [5.74, 6) is 0. The topological polar surface area (TPSA) is 3.24 Å². The molecule has 1 aromatic carbocycles. The van der Waals surface area contributed by atoms with Gasteiger partial charge in [0.1, 0.15) is 0 Å². The summed E-state index contributed by atoms with van der Waals surface area (Å²) in [7, 11) is 0. The Balaban J connectivity index is 2.55. The molecule has 19 heavy (non-hydrogen) atoms. The van der Waals surface area contributed by atoms with E-state index in [2.05, 4.69) is 62.2 Å². The van der Waals surface area contributed by atoms with E-state index >= 15 is 0 Å². The second kappa shape index (κ2) is 5.75. The summed E-state index contributed by atoms with van der Waals surface area (Å²) in [5.41, 5.74) is 6.15. The number of hydrogen-bond acceptors (Lipinski definition) is 1. The Labute approximate surface area is 116 Å². The van der Waals surface area contributed by atoms with Crippen molar-refractivity contribution in [1.82, 2.24) is 4.90 Å². The molecular weight excluding hydrogens is 230 g/mol. The van der Waals surface area contributed by atoms with Crippen LogP contribution >= 0.6 is 0 Å². The Morgan fingerprint density at radius 1 is 1.21 bits per heavy atom. The van der Waals surface area contributed by atoms with Crippen LogP contribution in [-0.2, 0) is 0 Å². The summed E-state index contributed by atoms with van der Waals surface area (Å²) >= 11 is 0. The minimum absolute atomic E-state index is 0.789. The number of rotatable bonds is 4. The van der Waals surface area contributed by atoms with Crippen molar-refractivity contribution < 1.29 is 0 Å². The number of allylic oxidation sites excluding steroid dienone is 3.